The fraction of sp³-hybridized carbons (Fsp3) is 0.200. The van der Waals surface area contributed by atoms with Crippen molar-refractivity contribution in [2.45, 2.75) is 25.9 Å². The van der Waals surface area contributed by atoms with Crippen molar-refractivity contribution >= 4 is 33.5 Å². The van der Waals surface area contributed by atoms with Crippen LogP contribution in [0.15, 0.2) is 71.5 Å². The minimum Gasteiger partial charge on any atom is -0.344 e. The van der Waals surface area contributed by atoms with Gasteiger partial charge in [0.05, 0.1) is 23.9 Å². The average molecular weight is 428 g/mol. The molecule has 1 heterocycles. The predicted octanol–water partition coefficient (Wildman–Crippen LogP) is 2.78. The Bertz CT molecular complexity index is 1360. The largest absolute Gasteiger partial charge is 0.344 e. The number of likely N-dealkylation sites (N-methyl/N-ethyl adjacent to an activating group) is 1. The first-order chi connectivity index (χ1) is 15.4. The van der Waals surface area contributed by atoms with E-state index >= 15 is 0 Å². The van der Waals surface area contributed by atoms with Crippen molar-refractivity contribution in [3.63, 3.8) is 0 Å². The van der Waals surface area contributed by atoms with Gasteiger partial charge in [0.2, 0.25) is 11.8 Å². The van der Waals surface area contributed by atoms with Crippen LogP contribution in [0, 0.1) is 0 Å². The number of carbonyl (C=O) groups excluding carboxylic acids is 2. The average Bonchev–Trinajstić information content (AvgIpc) is 2.78. The molecule has 162 valence electrons. The topological polar surface area (TPSA) is 95.2 Å². The van der Waals surface area contributed by atoms with E-state index in [1.54, 1.807) is 38.2 Å². The maximum atomic E-state index is 12.8. The molecule has 0 saturated heterocycles. The number of benzene rings is 3. The van der Waals surface area contributed by atoms with Crippen LogP contribution in [-0.4, -0.2) is 39.8 Å². The van der Waals surface area contributed by atoms with Crippen molar-refractivity contribution in [3.8, 4) is 0 Å². The number of fused-ring (bicyclic) bond motifs is 2. The lowest BCUT2D eigenvalue weighted by atomic mass is 10.0. The van der Waals surface area contributed by atoms with Crippen LogP contribution in [0.5, 0.6) is 0 Å². The molecular weight excluding hydrogens is 404 g/mol. The van der Waals surface area contributed by atoms with E-state index < -0.39 is 6.04 Å². The number of aromatic nitrogens is 2. The van der Waals surface area contributed by atoms with Gasteiger partial charge in [-0.25, -0.2) is 4.98 Å². The fourth-order valence-corrected chi connectivity index (χ4v) is 3.82. The Kier molecular flexibility index (Phi) is 5.98. The van der Waals surface area contributed by atoms with Crippen molar-refractivity contribution in [1.29, 1.82) is 0 Å². The molecular formula is C25H24N4O3. The SMILES string of the molecule is CC(NC(=O)Cc1cccc2ccccc12)C(=O)N(C)Cc1nc2ccccc2c(=O)[nH]1. The van der Waals surface area contributed by atoms with Crippen molar-refractivity contribution in [2.75, 3.05) is 7.05 Å². The smallest absolute Gasteiger partial charge is 0.258 e. The molecule has 1 unspecified atom stereocenters. The Morgan fingerprint density at radius 3 is 2.50 bits per heavy atom. The highest BCUT2D eigenvalue weighted by Gasteiger charge is 2.21. The molecule has 4 rings (SSSR count). The molecule has 7 nitrogen and oxygen atoms in total. The molecule has 1 atom stereocenters. The van der Waals surface area contributed by atoms with Crippen LogP contribution in [0.3, 0.4) is 0 Å². The summed E-state index contributed by atoms with van der Waals surface area (Å²) in [6.07, 6.45) is 0.183. The van der Waals surface area contributed by atoms with E-state index in [4.69, 9.17) is 0 Å². The summed E-state index contributed by atoms with van der Waals surface area (Å²) < 4.78 is 0. The maximum Gasteiger partial charge on any atom is 0.258 e. The zero-order chi connectivity index (χ0) is 22.7. The first kappa shape index (κ1) is 21.2. The van der Waals surface area contributed by atoms with Gasteiger partial charge in [0, 0.05) is 7.05 Å². The number of amides is 2. The number of hydrogen-bond donors (Lipinski definition) is 2. The molecule has 1 aromatic heterocycles. The van der Waals surface area contributed by atoms with Crippen molar-refractivity contribution in [3.05, 3.63) is 88.5 Å². The second-order valence-corrected chi connectivity index (χ2v) is 7.83. The van der Waals surface area contributed by atoms with E-state index in [1.165, 1.54) is 4.90 Å². The van der Waals surface area contributed by atoms with Gasteiger partial charge < -0.3 is 15.2 Å². The second kappa shape index (κ2) is 9.01. The van der Waals surface area contributed by atoms with E-state index in [0.29, 0.717) is 16.7 Å². The summed E-state index contributed by atoms with van der Waals surface area (Å²) in [6, 6.07) is 20.1. The Hall–Kier alpha value is -4.00. The third-order valence-corrected chi connectivity index (χ3v) is 5.40. The molecule has 2 N–H and O–H groups in total. The number of para-hydroxylation sites is 1. The monoisotopic (exact) mass is 428 g/mol. The summed E-state index contributed by atoms with van der Waals surface area (Å²) >= 11 is 0. The number of rotatable bonds is 6. The molecule has 4 aromatic rings. The van der Waals surface area contributed by atoms with E-state index in [9.17, 15) is 14.4 Å². The normalized spacial score (nSPS) is 11.9. The van der Waals surface area contributed by atoms with E-state index in [2.05, 4.69) is 15.3 Å². The van der Waals surface area contributed by atoms with Gasteiger partial charge >= 0.3 is 0 Å². The molecule has 0 aliphatic heterocycles. The molecule has 0 spiro atoms. The van der Waals surface area contributed by atoms with Gasteiger partial charge in [-0.3, -0.25) is 14.4 Å². The Morgan fingerprint density at radius 1 is 1.00 bits per heavy atom. The lowest BCUT2D eigenvalue weighted by Crippen LogP contribution is -2.46. The third-order valence-electron chi connectivity index (χ3n) is 5.40. The van der Waals surface area contributed by atoms with Crippen molar-refractivity contribution in [2.24, 2.45) is 0 Å². The van der Waals surface area contributed by atoms with E-state index in [-0.39, 0.29) is 30.3 Å². The number of aromatic amines is 1. The fourth-order valence-electron chi connectivity index (χ4n) is 3.82. The summed E-state index contributed by atoms with van der Waals surface area (Å²) in [5, 5.41) is 5.37. The number of nitrogens with zero attached hydrogens (tertiary/aromatic N) is 2. The summed E-state index contributed by atoms with van der Waals surface area (Å²) in [6.45, 7) is 1.78. The quantitative estimate of drug-likeness (QED) is 0.494. The van der Waals surface area contributed by atoms with Gasteiger partial charge in [-0.1, -0.05) is 54.6 Å². The molecule has 0 bridgehead atoms. The van der Waals surface area contributed by atoms with Gasteiger partial charge in [-0.2, -0.15) is 0 Å². The molecule has 3 aromatic carbocycles. The van der Waals surface area contributed by atoms with Crippen LogP contribution >= 0.6 is 0 Å². The second-order valence-electron chi connectivity index (χ2n) is 7.83. The molecule has 7 heteroatoms. The van der Waals surface area contributed by atoms with Crippen LogP contribution in [0.4, 0.5) is 0 Å². The highest BCUT2D eigenvalue weighted by molar-refractivity contribution is 5.92. The highest BCUT2D eigenvalue weighted by Crippen LogP contribution is 2.19. The Balaban J connectivity index is 1.40. The van der Waals surface area contributed by atoms with Gasteiger partial charge in [-0.15, -0.1) is 0 Å². The number of H-pyrrole nitrogens is 1. The number of hydrogen-bond acceptors (Lipinski definition) is 4. The van der Waals surface area contributed by atoms with Gasteiger partial charge in [0.1, 0.15) is 11.9 Å². The number of carbonyl (C=O) groups is 2. The summed E-state index contributed by atoms with van der Waals surface area (Å²) in [5.41, 5.74) is 1.23. The summed E-state index contributed by atoms with van der Waals surface area (Å²) in [5.74, 6) is -0.112. The summed E-state index contributed by atoms with van der Waals surface area (Å²) in [4.78, 5) is 46.2. The van der Waals surface area contributed by atoms with E-state index in [0.717, 1.165) is 16.3 Å². The lowest BCUT2D eigenvalue weighted by Gasteiger charge is -2.22. The molecule has 2 amide bonds. The zero-order valence-corrected chi connectivity index (χ0v) is 18.0. The zero-order valence-electron chi connectivity index (χ0n) is 18.0. The standard InChI is InChI=1S/C25H24N4O3/c1-16(26-23(30)14-18-10-7-9-17-8-3-4-11-19(17)18)25(32)29(2)15-22-27-21-13-6-5-12-20(21)24(31)28-22/h3-13,16H,14-15H2,1-2H3,(H,26,30)(H,27,28,31). The van der Waals surface area contributed by atoms with Crippen molar-refractivity contribution in [1.82, 2.24) is 20.2 Å². The maximum absolute atomic E-state index is 12.8. The first-order valence-corrected chi connectivity index (χ1v) is 10.4. The molecule has 0 aliphatic carbocycles. The van der Waals surface area contributed by atoms with Gasteiger partial charge in [-0.05, 0) is 35.4 Å². The molecule has 0 radical (unpaired) electrons. The van der Waals surface area contributed by atoms with Crippen LogP contribution in [0.1, 0.15) is 18.3 Å². The van der Waals surface area contributed by atoms with Crippen LogP contribution < -0.4 is 10.9 Å². The molecule has 0 fully saturated rings. The Morgan fingerprint density at radius 2 is 1.69 bits per heavy atom. The van der Waals surface area contributed by atoms with Gasteiger partial charge in [0.25, 0.3) is 5.56 Å². The third kappa shape index (κ3) is 4.51. The highest BCUT2D eigenvalue weighted by atomic mass is 16.2. The minimum atomic E-state index is -0.713. The minimum absolute atomic E-state index is 0.127. The van der Waals surface area contributed by atoms with Crippen LogP contribution in [-0.2, 0) is 22.6 Å². The van der Waals surface area contributed by atoms with Crippen LogP contribution in [0.25, 0.3) is 21.7 Å². The van der Waals surface area contributed by atoms with Gasteiger partial charge in [0.15, 0.2) is 0 Å². The van der Waals surface area contributed by atoms with Crippen molar-refractivity contribution < 1.29 is 9.59 Å². The van der Waals surface area contributed by atoms with E-state index in [1.807, 2.05) is 42.5 Å². The molecule has 32 heavy (non-hydrogen) atoms. The lowest BCUT2D eigenvalue weighted by molar-refractivity contribution is -0.135. The predicted molar refractivity (Wildman–Crippen MR) is 124 cm³/mol. The first-order valence-electron chi connectivity index (χ1n) is 10.4. The summed E-state index contributed by atoms with van der Waals surface area (Å²) in [7, 11) is 1.62. The molecule has 0 saturated carbocycles. The number of nitrogens with one attached hydrogen (secondary N) is 2. The van der Waals surface area contributed by atoms with Crippen LogP contribution in [0.2, 0.25) is 0 Å². The molecule has 0 aliphatic rings. The Labute approximate surface area is 185 Å².